The summed E-state index contributed by atoms with van der Waals surface area (Å²) < 4.78 is 18.3. The molecule has 2 unspecified atom stereocenters. The highest BCUT2D eigenvalue weighted by Gasteiger charge is 2.10. The summed E-state index contributed by atoms with van der Waals surface area (Å²) in [6, 6.07) is 5.29. The molecule has 1 aromatic rings. The Morgan fingerprint density at radius 3 is 2.65 bits per heavy atom. The fraction of sp³-hybridized carbons (Fsp3) is 0.538. The van der Waals surface area contributed by atoms with E-state index in [4.69, 9.17) is 16.3 Å². The highest BCUT2D eigenvalue weighted by atomic mass is 35.5. The number of rotatable bonds is 6. The lowest BCUT2D eigenvalue weighted by atomic mass is 10.1. The van der Waals surface area contributed by atoms with Crippen molar-refractivity contribution in [1.82, 2.24) is 5.32 Å². The number of hydrogen-bond donors (Lipinski definition) is 1. The number of alkyl halides is 1. The van der Waals surface area contributed by atoms with E-state index in [0.29, 0.717) is 24.4 Å². The van der Waals surface area contributed by atoms with Crippen LogP contribution in [0.25, 0.3) is 0 Å². The lowest BCUT2D eigenvalue weighted by Gasteiger charge is -2.19. The van der Waals surface area contributed by atoms with Crippen LogP contribution in [0.3, 0.4) is 0 Å². The van der Waals surface area contributed by atoms with Gasteiger partial charge in [-0.3, -0.25) is 0 Å². The Labute approximate surface area is 107 Å². The van der Waals surface area contributed by atoms with Crippen molar-refractivity contribution in [2.24, 2.45) is 5.92 Å². The van der Waals surface area contributed by atoms with Crippen LogP contribution in [0.4, 0.5) is 4.39 Å². The summed E-state index contributed by atoms with van der Waals surface area (Å²) >= 11 is 5.78. The zero-order valence-corrected chi connectivity index (χ0v) is 11.2. The first-order chi connectivity index (χ1) is 8.08. The zero-order chi connectivity index (χ0) is 12.8. The Hall–Kier alpha value is -0.800. The van der Waals surface area contributed by atoms with Gasteiger partial charge in [0.15, 0.2) is 11.6 Å². The van der Waals surface area contributed by atoms with Gasteiger partial charge in [-0.05, 0) is 30.5 Å². The minimum absolute atomic E-state index is 0.274. The van der Waals surface area contributed by atoms with E-state index in [1.54, 1.807) is 6.07 Å². The van der Waals surface area contributed by atoms with Gasteiger partial charge in [-0.15, -0.1) is 11.6 Å². The fourth-order valence-electron chi connectivity index (χ4n) is 1.43. The van der Waals surface area contributed by atoms with Gasteiger partial charge in [0.1, 0.15) is 0 Å². The van der Waals surface area contributed by atoms with Crippen molar-refractivity contribution in [2.75, 3.05) is 13.0 Å². The molecule has 17 heavy (non-hydrogen) atoms. The third-order valence-electron chi connectivity index (χ3n) is 2.94. The van der Waals surface area contributed by atoms with E-state index >= 15 is 0 Å². The Kier molecular flexibility index (Phi) is 5.72. The third-order valence-corrected chi connectivity index (χ3v) is 3.43. The smallest absolute Gasteiger partial charge is 0.165 e. The minimum Gasteiger partial charge on any atom is -0.494 e. The summed E-state index contributed by atoms with van der Waals surface area (Å²) in [6.45, 7) is 4.79. The topological polar surface area (TPSA) is 21.3 Å². The molecule has 0 aliphatic rings. The first kappa shape index (κ1) is 14.3. The summed E-state index contributed by atoms with van der Waals surface area (Å²) in [4.78, 5) is 0. The second-order valence-corrected chi connectivity index (χ2v) is 4.58. The molecule has 0 bridgehead atoms. The van der Waals surface area contributed by atoms with Crippen LogP contribution in [-0.2, 0) is 6.54 Å². The van der Waals surface area contributed by atoms with Gasteiger partial charge >= 0.3 is 0 Å². The molecule has 1 rings (SSSR count). The standard InChI is InChI=1S/C13H19ClFNO/c1-9(7-14)10(2)16-8-11-4-5-13(17-3)12(15)6-11/h4-6,9-10,16H,7-8H2,1-3H3. The van der Waals surface area contributed by atoms with E-state index in [1.807, 2.05) is 6.07 Å². The van der Waals surface area contributed by atoms with Crippen LogP contribution in [0, 0.1) is 11.7 Å². The predicted molar refractivity (Wildman–Crippen MR) is 69.1 cm³/mol. The van der Waals surface area contributed by atoms with Crippen molar-refractivity contribution in [3.63, 3.8) is 0 Å². The van der Waals surface area contributed by atoms with Crippen LogP contribution in [0.15, 0.2) is 18.2 Å². The third kappa shape index (κ3) is 4.17. The van der Waals surface area contributed by atoms with Gasteiger partial charge < -0.3 is 10.1 Å². The summed E-state index contributed by atoms with van der Waals surface area (Å²) in [6.07, 6.45) is 0. The molecule has 0 radical (unpaired) electrons. The van der Waals surface area contributed by atoms with Gasteiger partial charge in [0, 0.05) is 18.5 Å². The van der Waals surface area contributed by atoms with E-state index in [2.05, 4.69) is 19.2 Å². The average Bonchev–Trinajstić information content (AvgIpc) is 2.35. The van der Waals surface area contributed by atoms with Crippen LogP contribution >= 0.6 is 11.6 Å². The van der Waals surface area contributed by atoms with E-state index in [-0.39, 0.29) is 11.6 Å². The van der Waals surface area contributed by atoms with Gasteiger partial charge in [0.2, 0.25) is 0 Å². The Morgan fingerprint density at radius 1 is 1.41 bits per heavy atom. The molecule has 2 nitrogen and oxygen atoms in total. The van der Waals surface area contributed by atoms with Crippen molar-refractivity contribution < 1.29 is 9.13 Å². The first-order valence-corrected chi connectivity index (χ1v) is 6.23. The minimum atomic E-state index is -0.329. The van der Waals surface area contributed by atoms with Gasteiger partial charge in [-0.25, -0.2) is 4.39 Å². The van der Waals surface area contributed by atoms with Gasteiger partial charge in [-0.2, -0.15) is 0 Å². The van der Waals surface area contributed by atoms with Gasteiger partial charge in [-0.1, -0.05) is 13.0 Å². The Balaban J connectivity index is 2.55. The molecule has 0 amide bonds. The Bertz CT molecular complexity index is 359. The van der Waals surface area contributed by atoms with Crippen LogP contribution in [0.2, 0.25) is 0 Å². The summed E-state index contributed by atoms with van der Waals surface area (Å²) in [7, 11) is 1.46. The second kappa shape index (κ2) is 6.82. The SMILES string of the molecule is COc1ccc(CNC(C)C(C)CCl)cc1F. The van der Waals surface area contributed by atoms with Crippen molar-refractivity contribution in [1.29, 1.82) is 0 Å². The Morgan fingerprint density at radius 2 is 2.12 bits per heavy atom. The van der Waals surface area contributed by atoms with E-state index in [1.165, 1.54) is 13.2 Å². The maximum atomic E-state index is 13.4. The number of halogens is 2. The monoisotopic (exact) mass is 259 g/mol. The molecular formula is C13H19ClFNO. The van der Waals surface area contributed by atoms with Crippen molar-refractivity contribution in [2.45, 2.75) is 26.4 Å². The molecule has 2 atom stereocenters. The molecule has 0 fully saturated rings. The number of hydrogen-bond acceptors (Lipinski definition) is 2. The second-order valence-electron chi connectivity index (χ2n) is 4.27. The normalized spacial score (nSPS) is 14.4. The summed E-state index contributed by atoms with van der Waals surface area (Å²) in [5, 5.41) is 3.32. The predicted octanol–water partition coefficient (Wildman–Crippen LogP) is 3.19. The van der Waals surface area contributed by atoms with Crippen molar-refractivity contribution in [3.8, 4) is 5.75 Å². The molecule has 96 valence electrons. The van der Waals surface area contributed by atoms with Crippen LogP contribution in [0.1, 0.15) is 19.4 Å². The van der Waals surface area contributed by atoms with Crippen molar-refractivity contribution >= 4 is 11.6 Å². The van der Waals surface area contributed by atoms with Crippen LogP contribution in [-0.4, -0.2) is 19.0 Å². The number of methoxy groups -OCH3 is 1. The first-order valence-electron chi connectivity index (χ1n) is 5.70. The lowest BCUT2D eigenvalue weighted by Crippen LogP contribution is -2.32. The van der Waals surface area contributed by atoms with Gasteiger partial charge in [0.25, 0.3) is 0 Å². The lowest BCUT2D eigenvalue weighted by molar-refractivity contribution is 0.385. The maximum absolute atomic E-state index is 13.4. The number of benzene rings is 1. The molecule has 0 aliphatic carbocycles. The van der Waals surface area contributed by atoms with E-state index in [0.717, 1.165) is 5.56 Å². The van der Waals surface area contributed by atoms with Crippen LogP contribution < -0.4 is 10.1 Å². The maximum Gasteiger partial charge on any atom is 0.165 e. The van der Waals surface area contributed by atoms with Crippen molar-refractivity contribution in [3.05, 3.63) is 29.6 Å². The number of nitrogens with one attached hydrogen (secondary N) is 1. The van der Waals surface area contributed by atoms with E-state index < -0.39 is 0 Å². The molecule has 1 N–H and O–H groups in total. The largest absolute Gasteiger partial charge is 0.494 e. The molecule has 1 aromatic carbocycles. The van der Waals surface area contributed by atoms with Crippen LogP contribution in [0.5, 0.6) is 5.75 Å². The molecular weight excluding hydrogens is 241 g/mol. The average molecular weight is 260 g/mol. The quantitative estimate of drug-likeness (QED) is 0.793. The molecule has 0 aliphatic heterocycles. The molecule has 0 spiro atoms. The number of ether oxygens (including phenoxy) is 1. The molecule has 0 saturated heterocycles. The zero-order valence-electron chi connectivity index (χ0n) is 10.5. The molecule has 0 heterocycles. The molecule has 4 heteroatoms. The molecule has 0 aromatic heterocycles. The summed E-state index contributed by atoms with van der Waals surface area (Å²) in [5.41, 5.74) is 0.900. The highest BCUT2D eigenvalue weighted by Crippen LogP contribution is 2.17. The van der Waals surface area contributed by atoms with E-state index in [9.17, 15) is 4.39 Å². The summed E-state index contributed by atoms with van der Waals surface area (Å²) in [5.74, 6) is 0.950. The van der Waals surface area contributed by atoms with Gasteiger partial charge in [0.05, 0.1) is 7.11 Å². The highest BCUT2D eigenvalue weighted by molar-refractivity contribution is 6.18. The fourth-order valence-corrected chi connectivity index (χ4v) is 1.70. The molecule has 0 saturated carbocycles.